The van der Waals surface area contributed by atoms with Gasteiger partial charge in [-0.05, 0) is 61.6 Å². The molecule has 1 aromatic carbocycles. The molecular formula is C14H17ClIN3S. The number of rotatable bonds is 4. The van der Waals surface area contributed by atoms with E-state index >= 15 is 0 Å². The van der Waals surface area contributed by atoms with Gasteiger partial charge in [-0.25, -0.2) is 0 Å². The minimum absolute atomic E-state index is 0.135. The highest BCUT2D eigenvalue weighted by atomic mass is 127. The van der Waals surface area contributed by atoms with Crippen molar-refractivity contribution >= 4 is 45.5 Å². The Hall–Kier alpha value is -0.240. The van der Waals surface area contributed by atoms with Crippen molar-refractivity contribution in [1.82, 2.24) is 15.5 Å². The Kier molecular flexibility index (Phi) is 5.39. The third kappa shape index (κ3) is 4.65. The van der Waals surface area contributed by atoms with Crippen LogP contribution >= 0.6 is 45.5 Å². The average Bonchev–Trinajstić information content (AvgIpc) is 2.79. The fourth-order valence-electron chi connectivity index (χ4n) is 1.67. The van der Waals surface area contributed by atoms with E-state index in [2.05, 4.69) is 58.9 Å². The molecule has 0 saturated heterocycles. The van der Waals surface area contributed by atoms with Crippen LogP contribution in [0.25, 0.3) is 10.6 Å². The molecule has 0 aliphatic carbocycles. The maximum absolute atomic E-state index is 6.05. The molecule has 108 valence electrons. The Balaban J connectivity index is 2.07. The SMILES string of the molecule is CC(C)(C)NCCc1nnc(-c2cc(Cl)ccc2I)s1. The number of aromatic nitrogens is 2. The summed E-state index contributed by atoms with van der Waals surface area (Å²) in [5.74, 6) is 0. The Labute approximate surface area is 142 Å². The van der Waals surface area contributed by atoms with Crippen LogP contribution in [0, 0.1) is 3.57 Å². The van der Waals surface area contributed by atoms with Crippen LogP contribution in [0.1, 0.15) is 25.8 Å². The van der Waals surface area contributed by atoms with Crippen molar-refractivity contribution in [1.29, 1.82) is 0 Å². The highest BCUT2D eigenvalue weighted by Crippen LogP contribution is 2.30. The van der Waals surface area contributed by atoms with Crippen LogP contribution in [-0.2, 0) is 6.42 Å². The van der Waals surface area contributed by atoms with Crippen LogP contribution in [0.4, 0.5) is 0 Å². The monoisotopic (exact) mass is 421 g/mol. The van der Waals surface area contributed by atoms with Crippen LogP contribution in [0.15, 0.2) is 18.2 Å². The van der Waals surface area contributed by atoms with Crippen molar-refractivity contribution < 1.29 is 0 Å². The van der Waals surface area contributed by atoms with E-state index in [1.54, 1.807) is 11.3 Å². The van der Waals surface area contributed by atoms with Crippen molar-refractivity contribution in [3.05, 3.63) is 31.8 Å². The van der Waals surface area contributed by atoms with Crippen LogP contribution in [0.5, 0.6) is 0 Å². The number of nitrogens with one attached hydrogen (secondary N) is 1. The van der Waals surface area contributed by atoms with Gasteiger partial charge in [0.1, 0.15) is 10.0 Å². The lowest BCUT2D eigenvalue weighted by Crippen LogP contribution is -2.37. The Morgan fingerprint density at radius 2 is 2.05 bits per heavy atom. The van der Waals surface area contributed by atoms with Gasteiger partial charge in [0.05, 0.1) is 0 Å². The predicted octanol–water partition coefficient (Wildman–Crippen LogP) is 4.39. The first-order chi connectivity index (χ1) is 9.35. The number of hydrogen-bond donors (Lipinski definition) is 1. The van der Waals surface area contributed by atoms with Crippen molar-refractivity contribution in [2.45, 2.75) is 32.7 Å². The topological polar surface area (TPSA) is 37.8 Å². The van der Waals surface area contributed by atoms with E-state index in [0.717, 1.165) is 37.1 Å². The lowest BCUT2D eigenvalue weighted by Gasteiger charge is -2.19. The smallest absolute Gasteiger partial charge is 0.148 e. The normalized spacial score (nSPS) is 11.8. The van der Waals surface area contributed by atoms with E-state index in [4.69, 9.17) is 11.6 Å². The minimum atomic E-state index is 0.135. The maximum Gasteiger partial charge on any atom is 0.148 e. The molecule has 1 heterocycles. The summed E-state index contributed by atoms with van der Waals surface area (Å²) in [6.45, 7) is 7.39. The Bertz CT molecular complexity index is 592. The first kappa shape index (κ1) is 16.1. The first-order valence-electron chi connectivity index (χ1n) is 6.38. The standard InChI is InChI=1S/C14H17ClIN3S/c1-14(2,3)17-7-6-12-18-19-13(20-12)10-8-9(15)4-5-11(10)16/h4-5,8,17H,6-7H2,1-3H3. The molecule has 1 N–H and O–H groups in total. The summed E-state index contributed by atoms with van der Waals surface area (Å²) in [6, 6.07) is 5.84. The number of halogens is 2. The summed E-state index contributed by atoms with van der Waals surface area (Å²) in [7, 11) is 0. The van der Waals surface area contributed by atoms with Crippen LogP contribution in [-0.4, -0.2) is 22.3 Å². The quantitative estimate of drug-likeness (QED) is 0.744. The van der Waals surface area contributed by atoms with Crippen molar-refractivity contribution in [2.75, 3.05) is 6.54 Å². The molecule has 0 spiro atoms. The van der Waals surface area contributed by atoms with E-state index in [1.807, 2.05) is 18.2 Å². The molecule has 0 amide bonds. The molecule has 0 atom stereocenters. The molecule has 2 aromatic rings. The molecule has 2 rings (SSSR count). The second kappa shape index (κ2) is 6.68. The molecule has 1 aromatic heterocycles. The maximum atomic E-state index is 6.05. The van der Waals surface area contributed by atoms with Crippen LogP contribution in [0.2, 0.25) is 5.02 Å². The molecule has 0 unspecified atom stereocenters. The van der Waals surface area contributed by atoms with E-state index in [-0.39, 0.29) is 5.54 Å². The Morgan fingerprint density at radius 3 is 2.75 bits per heavy atom. The summed E-state index contributed by atoms with van der Waals surface area (Å²) >= 11 is 9.98. The third-order valence-electron chi connectivity index (χ3n) is 2.62. The van der Waals surface area contributed by atoms with Gasteiger partial charge in [0.2, 0.25) is 0 Å². The predicted molar refractivity (Wildman–Crippen MR) is 94.5 cm³/mol. The van der Waals surface area contributed by atoms with Crippen molar-refractivity contribution in [2.24, 2.45) is 0 Å². The zero-order valence-corrected chi connectivity index (χ0v) is 15.4. The summed E-state index contributed by atoms with van der Waals surface area (Å²) in [5.41, 5.74) is 1.20. The van der Waals surface area contributed by atoms with Gasteiger partial charge >= 0.3 is 0 Å². The number of nitrogens with zero attached hydrogens (tertiary/aromatic N) is 2. The van der Waals surface area contributed by atoms with Crippen molar-refractivity contribution in [3.8, 4) is 10.6 Å². The van der Waals surface area contributed by atoms with E-state index in [0.29, 0.717) is 0 Å². The molecular weight excluding hydrogens is 405 g/mol. The van der Waals surface area contributed by atoms with Gasteiger partial charge in [0.25, 0.3) is 0 Å². The highest BCUT2D eigenvalue weighted by molar-refractivity contribution is 14.1. The first-order valence-corrected chi connectivity index (χ1v) is 8.65. The average molecular weight is 422 g/mol. The van der Waals surface area contributed by atoms with Gasteiger partial charge in [-0.15, -0.1) is 10.2 Å². The fraction of sp³-hybridized carbons (Fsp3) is 0.429. The van der Waals surface area contributed by atoms with Crippen molar-refractivity contribution in [3.63, 3.8) is 0 Å². The second-order valence-electron chi connectivity index (χ2n) is 5.55. The number of benzene rings is 1. The molecule has 6 heteroatoms. The lowest BCUT2D eigenvalue weighted by atomic mass is 10.1. The Morgan fingerprint density at radius 1 is 1.30 bits per heavy atom. The van der Waals surface area contributed by atoms with Gasteiger partial charge in [0, 0.05) is 32.7 Å². The molecule has 0 fully saturated rings. The van der Waals surface area contributed by atoms with Gasteiger partial charge in [0.15, 0.2) is 0 Å². The molecule has 3 nitrogen and oxygen atoms in total. The summed E-state index contributed by atoms with van der Waals surface area (Å²) in [5, 5.41) is 14.7. The molecule has 0 aliphatic rings. The molecule has 0 saturated carbocycles. The molecule has 0 aliphatic heterocycles. The second-order valence-corrected chi connectivity index (χ2v) is 8.21. The van der Waals surface area contributed by atoms with E-state index in [9.17, 15) is 0 Å². The molecule has 0 radical (unpaired) electrons. The molecule has 20 heavy (non-hydrogen) atoms. The van der Waals surface area contributed by atoms with Crippen LogP contribution in [0.3, 0.4) is 0 Å². The van der Waals surface area contributed by atoms with Gasteiger partial charge in [-0.3, -0.25) is 0 Å². The molecule has 0 bridgehead atoms. The van der Waals surface area contributed by atoms with E-state index in [1.165, 1.54) is 0 Å². The summed E-state index contributed by atoms with van der Waals surface area (Å²) in [6.07, 6.45) is 0.895. The number of hydrogen-bond acceptors (Lipinski definition) is 4. The van der Waals surface area contributed by atoms with Gasteiger partial charge in [-0.1, -0.05) is 22.9 Å². The van der Waals surface area contributed by atoms with E-state index < -0.39 is 0 Å². The zero-order chi connectivity index (χ0) is 14.8. The highest BCUT2D eigenvalue weighted by Gasteiger charge is 2.12. The largest absolute Gasteiger partial charge is 0.312 e. The minimum Gasteiger partial charge on any atom is -0.312 e. The van der Waals surface area contributed by atoms with Crippen LogP contribution < -0.4 is 5.32 Å². The van der Waals surface area contributed by atoms with Gasteiger partial charge in [-0.2, -0.15) is 0 Å². The third-order valence-corrected chi connectivity index (χ3v) is 4.81. The lowest BCUT2D eigenvalue weighted by molar-refractivity contribution is 0.429. The summed E-state index contributed by atoms with van der Waals surface area (Å²) < 4.78 is 1.14. The fourth-order valence-corrected chi connectivity index (χ4v) is 3.48. The summed E-state index contributed by atoms with van der Waals surface area (Å²) in [4.78, 5) is 0. The van der Waals surface area contributed by atoms with Gasteiger partial charge < -0.3 is 5.32 Å². The zero-order valence-electron chi connectivity index (χ0n) is 11.7.